The van der Waals surface area contributed by atoms with Crippen LogP contribution in [-0.2, 0) is 17.6 Å². The Morgan fingerprint density at radius 3 is 2.79 bits per heavy atom. The van der Waals surface area contributed by atoms with Gasteiger partial charge in [0.05, 0.1) is 6.61 Å². The van der Waals surface area contributed by atoms with Gasteiger partial charge < -0.3 is 15.4 Å². The second-order valence-corrected chi connectivity index (χ2v) is 7.86. The fourth-order valence-electron chi connectivity index (χ4n) is 4.43. The summed E-state index contributed by atoms with van der Waals surface area (Å²) in [4.78, 5) is 13.0. The van der Waals surface area contributed by atoms with Crippen LogP contribution in [0.4, 0.5) is 4.39 Å². The molecule has 0 saturated carbocycles. The van der Waals surface area contributed by atoms with Gasteiger partial charge >= 0.3 is 0 Å². The third-order valence-electron chi connectivity index (χ3n) is 5.96. The number of nitrogens with zero attached hydrogens (tertiary/aromatic N) is 2. The summed E-state index contributed by atoms with van der Waals surface area (Å²) in [6.45, 7) is 3.03. The minimum absolute atomic E-state index is 0. The molecular weight excluding hydrogens is 395 g/mol. The first-order valence-electron chi connectivity index (χ1n) is 9.97. The molecule has 8 heteroatoms. The highest BCUT2D eigenvalue weighted by atomic mass is 35.5. The first kappa shape index (κ1) is 21.7. The summed E-state index contributed by atoms with van der Waals surface area (Å²) in [5, 5.41) is 11.0. The average Bonchev–Trinajstić information content (AvgIpc) is 3.31. The van der Waals surface area contributed by atoms with Gasteiger partial charge in [-0.1, -0.05) is 12.1 Å². The van der Waals surface area contributed by atoms with Crippen molar-refractivity contribution in [3.8, 4) is 5.69 Å². The van der Waals surface area contributed by atoms with Crippen LogP contribution in [0.3, 0.4) is 0 Å². The lowest BCUT2D eigenvalue weighted by molar-refractivity contribution is 0.0510. The summed E-state index contributed by atoms with van der Waals surface area (Å²) in [6, 6.07) is 6.56. The van der Waals surface area contributed by atoms with Gasteiger partial charge in [0.25, 0.3) is 5.91 Å². The van der Waals surface area contributed by atoms with Gasteiger partial charge in [-0.05, 0) is 57.3 Å². The fraction of sp³-hybridized carbons (Fsp3) is 0.524. The lowest BCUT2D eigenvalue weighted by Crippen LogP contribution is -2.47. The lowest BCUT2D eigenvalue weighted by Gasteiger charge is -2.37. The van der Waals surface area contributed by atoms with E-state index in [1.165, 1.54) is 6.07 Å². The van der Waals surface area contributed by atoms with Crippen LogP contribution in [0.2, 0.25) is 0 Å². The van der Waals surface area contributed by atoms with Crippen molar-refractivity contribution in [1.29, 1.82) is 0 Å². The molecule has 0 unspecified atom stereocenters. The molecule has 1 saturated heterocycles. The second kappa shape index (κ2) is 9.24. The van der Waals surface area contributed by atoms with Crippen LogP contribution in [0.15, 0.2) is 24.3 Å². The normalized spacial score (nSPS) is 17.4. The summed E-state index contributed by atoms with van der Waals surface area (Å²) in [7, 11) is 1.70. The summed E-state index contributed by atoms with van der Waals surface area (Å²) in [5.41, 5.74) is 2.68. The summed E-state index contributed by atoms with van der Waals surface area (Å²) in [5.74, 6) is -0.511. The molecule has 1 aliphatic carbocycles. The minimum atomic E-state index is -0.333. The molecule has 2 aromatic rings. The largest absolute Gasteiger partial charge is 0.384 e. The Labute approximate surface area is 176 Å². The number of rotatable bonds is 6. The molecule has 2 N–H and O–H groups in total. The van der Waals surface area contributed by atoms with Gasteiger partial charge in [0.1, 0.15) is 11.5 Å². The van der Waals surface area contributed by atoms with Crippen molar-refractivity contribution in [2.24, 2.45) is 5.41 Å². The zero-order chi connectivity index (χ0) is 19.6. The van der Waals surface area contributed by atoms with E-state index < -0.39 is 0 Å². The Morgan fingerprint density at radius 2 is 2.07 bits per heavy atom. The SMILES string of the molecule is COCC1(CNC(=O)c2nn(-c3ccccc3F)c3c2CCC3)CCNCC1.Cl. The van der Waals surface area contributed by atoms with Crippen LogP contribution in [0.1, 0.15) is 41.0 Å². The second-order valence-electron chi connectivity index (χ2n) is 7.86. The number of carbonyl (C=O) groups excluding carboxylic acids is 1. The van der Waals surface area contributed by atoms with Gasteiger partial charge in [-0.25, -0.2) is 9.07 Å². The van der Waals surface area contributed by atoms with Crippen molar-refractivity contribution in [1.82, 2.24) is 20.4 Å². The zero-order valence-electron chi connectivity index (χ0n) is 16.7. The molecule has 0 spiro atoms. The van der Waals surface area contributed by atoms with Crippen LogP contribution in [-0.4, -0.2) is 49.0 Å². The van der Waals surface area contributed by atoms with Crippen molar-refractivity contribution < 1.29 is 13.9 Å². The monoisotopic (exact) mass is 422 g/mol. The fourth-order valence-corrected chi connectivity index (χ4v) is 4.43. The van der Waals surface area contributed by atoms with Crippen molar-refractivity contribution in [3.05, 3.63) is 47.0 Å². The molecule has 6 nitrogen and oxygen atoms in total. The Kier molecular flexibility index (Phi) is 6.93. The van der Waals surface area contributed by atoms with Crippen molar-refractivity contribution >= 4 is 18.3 Å². The predicted octanol–water partition coefficient (Wildman–Crippen LogP) is 2.67. The van der Waals surface area contributed by atoms with E-state index in [1.807, 2.05) is 0 Å². The standard InChI is InChI=1S/C21H27FN4O2.ClH/c1-28-14-21(9-11-23-12-10-21)13-24-20(27)19-15-5-4-8-17(15)26(25-19)18-7-3-2-6-16(18)22;/h2-3,6-7,23H,4-5,8-14H2,1H3,(H,24,27);1H. The Bertz CT molecular complexity index is 859. The van der Waals surface area contributed by atoms with Crippen LogP contribution in [0.5, 0.6) is 0 Å². The minimum Gasteiger partial charge on any atom is -0.384 e. The number of nitrogens with one attached hydrogen (secondary N) is 2. The first-order valence-corrected chi connectivity index (χ1v) is 9.97. The number of para-hydroxylation sites is 1. The van der Waals surface area contributed by atoms with E-state index in [0.717, 1.165) is 56.5 Å². The van der Waals surface area contributed by atoms with Crippen LogP contribution in [0.25, 0.3) is 5.69 Å². The Hall–Kier alpha value is -1.96. The molecular formula is C21H28ClFN4O2. The molecule has 158 valence electrons. The number of hydrogen-bond donors (Lipinski definition) is 2. The maximum Gasteiger partial charge on any atom is 0.272 e. The van der Waals surface area contributed by atoms with Crippen LogP contribution < -0.4 is 10.6 Å². The van der Waals surface area contributed by atoms with Gasteiger partial charge in [-0.2, -0.15) is 5.10 Å². The Morgan fingerprint density at radius 1 is 1.31 bits per heavy atom. The third kappa shape index (κ3) is 4.32. The van der Waals surface area contributed by atoms with Gasteiger partial charge in [0.2, 0.25) is 0 Å². The van der Waals surface area contributed by atoms with E-state index in [4.69, 9.17) is 4.74 Å². The molecule has 2 heterocycles. The van der Waals surface area contributed by atoms with Gasteiger partial charge in [0.15, 0.2) is 5.69 Å². The number of halogens is 2. The maximum atomic E-state index is 14.3. The molecule has 1 aliphatic heterocycles. The molecule has 1 aromatic heterocycles. The highest BCUT2D eigenvalue weighted by Crippen LogP contribution is 2.30. The van der Waals surface area contributed by atoms with Crippen LogP contribution in [0, 0.1) is 11.2 Å². The molecule has 1 aromatic carbocycles. The molecule has 1 amide bonds. The highest BCUT2D eigenvalue weighted by molar-refractivity contribution is 5.94. The molecule has 0 bridgehead atoms. The predicted molar refractivity (Wildman–Crippen MR) is 112 cm³/mol. The summed E-state index contributed by atoms with van der Waals surface area (Å²) < 4.78 is 21.3. The molecule has 0 radical (unpaired) electrons. The van der Waals surface area contributed by atoms with E-state index in [1.54, 1.807) is 30.0 Å². The average molecular weight is 423 g/mol. The van der Waals surface area contributed by atoms with E-state index in [2.05, 4.69) is 15.7 Å². The molecule has 29 heavy (non-hydrogen) atoms. The quantitative estimate of drug-likeness (QED) is 0.751. The van der Waals surface area contributed by atoms with Gasteiger partial charge in [-0.3, -0.25) is 4.79 Å². The summed E-state index contributed by atoms with van der Waals surface area (Å²) >= 11 is 0. The van der Waals surface area contributed by atoms with Crippen molar-refractivity contribution in [2.45, 2.75) is 32.1 Å². The van der Waals surface area contributed by atoms with Gasteiger partial charge in [-0.15, -0.1) is 12.4 Å². The lowest BCUT2D eigenvalue weighted by atomic mass is 9.79. The number of benzene rings is 1. The Balaban J connectivity index is 0.00000240. The molecule has 4 rings (SSSR count). The molecule has 2 aliphatic rings. The van der Waals surface area contributed by atoms with E-state index in [9.17, 15) is 9.18 Å². The number of amides is 1. The topological polar surface area (TPSA) is 68.2 Å². The van der Waals surface area contributed by atoms with E-state index in [-0.39, 0.29) is 29.5 Å². The number of aromatic nitrogens is 2. The molecule has 0 atom stereocenters. The van der Waals surface area contributed by atoms with Gasteiger partial charge in [0, 0.05) is 30.3 Å². The smallest absolute Gasteiger partial charge is 0.272 e. The van der Waals surface area contributed by atoms with Crippen LogP contribution >= 0.6 is 12.4 Å². The zero-order valence-corrected chi connectivity index (χ0v) is 17.5. The third-order valence-corrected chi connectivity index (χ3v) is 5.96. The van der Waals surface area contributed by atoms with Crippen molar-refractivity contribution in [2.75, 3.05) is 33.4 Å². The number of carbonyl (C=O) groups is 1. The highest BCUT2D eigenvalue weighted by Gasteiger charge is 2.34. The number of methoxy groups -OCH3 is 1. The summed E-state index contributed by atoms with van der Waals surface area (Å²) in [6.07, 6.45) is 4.50. The number of fused-ring (bicyclic) bond motifs is 1. The number of piperidine rings is 1. The van der Waals surface area contributed by atoms with E-state index >= 15 is 0 Å². The number of hydrogen-bond acceptors (Lipinski definition) is 4. The number of ether oxygens (including phenoxy) is 1. The van der Waals surface area contributed by atoms with Crippen molar-refractivity contribution in [3.63, 3.8) is 0 Å². The maximum absolute atomic E-state index is 14.3. The molecule has 1 fully saturated rings. The first-order chi connectivity index (χ1) is 13.6. The van der Waals surface area contributed by atoms with E-state index in [0.29, 0.717) is 24.5 Å².